The highest BCUT2D eigenvalue weighted by molar-refractivity contribution is 5.79. The molecule has 28 heavy (non-hydrogen) atoms. The lowest BCUT2D eigenvalue weighted by atomic mass is 10.1. The molecule has 0 bridgehead atoms. The fourth-order valence-electron chi connectivity index (χ4n) is 3.61. The van der Waals surface area contributed by atoms with Gasteiger partial charge in [0.2, 0.25) is 0 Å². The van der Waals surface area contributed by atoms with E-state index in [4.69, 9.17) is 0 Å². The second-order valence-electron chi connectivity index (χ2n) is 7.03. The molecule has 1 aromatic carbocycles. The SMILES string of the molecule is O=C(CN1CCN2CCCC2C1)NNc1cc(C(F)(F)F)cc(C(F)(F)F)c1. The van der Waals surface area contributed by atoms with Crippen LogP contribution in [0.4, 0.5) is 32.0 Å². The van der Waals surface area contributed by atoms with Crippen molar-refractivity contribution >= 4 is 11.6 Å². The third-order valence-corrected chi connectivity index (χ3v) is 4.97. The van der Waals surface area contributed by atoms with Gasteiger partial charge in [0.1, 0.15) is 0 Å². The Morgan fingerprint density at radius 2 is 1.64 bits per heavy atom. The number of benzene rings is 1. The monoisotopic (exact) mass is 410 g/mol. The van der Waals surface area contributed by atoms with E-state index in [0.29, 0.717) is 24.7 Å². The zero-order valence-electron chi connectivity index (χ0n) is 14.8. The van der Waals surface area contributed by atoms with Gasteiger partial charge in [0.25, 0.3) is 5.91 Å². The predicted molar refractivity (Wildman–Crippen MR) is 89.2 cm³/mol. The highest BCUT2D eigenvalue weighted by Crippen LogP contribution is 2.37. The summed E-state index contributed by atoms with van der Waals surface area (Å²) in [6, 6.07) is 1.47. The third kappa shape index (κ3) is 5.07. The van der Waals surface area contributed by atoms with Crippen LogP contribution in [0.2, 0.25) is 0 Å². The van der Waals surface area contributed by atoms with Gasteiger partial charge in [-0.3, -0.25) is 25.4 Å². The number of hydrogen-bond acceptors (Lipinski definition) is 4. The van der Waals surface area contributed by atoms with E-state index in [0.717, 1.165) is 32.5 Å². The molecular formula is C17H20F6N4O. The molecule has 0 spiro atoms. The number of piperazine rings is 1. The topological polar surface area (TPSA) is 47.6 Å². The van der Waals surface area contributed by atoms with Crippen LogP contribution in [0, 0.1) is 0 Å². The quantitative estimate of drug-likeness (QED) is 0.592. The van der Waals surface area contributed by atoms with Crippen molar-refractivity contribution in [2.45, 2.75) is 31.2 Å². The first-order valence-corrected chi connectivity index (χ1v) is 8.83. The first kappa shape index (κ1) is 20.7. The van der Waals surface area contributed by atoms with E-state index in [1.807, 2.05) is 4.90 Å². The molecule has 2 heterocycles. The van der Waals surface area contributed by atoms with Crippen LogP contribution in [0.3, 0.4) is 0 Å². The molecule has 0 aromatic heterocycles. The molecular weight excluding hydrogens is 390 g/mol. The van der Waals surface area contributed by atoms with Gasteiger partial charge < -0.3 is 0 Å². The highest BCUT2D eigenvalue weighted by atomic mass is 19.4. The fourth-order valence-corrected chi connectivity index (χ4v) is 3.61. The Morgan fingerprint density at radius 1 is 1.00 bits per heavy atom. The van der Waals surface area contributed by atoms with Gasteiger partial charge in [-0.1, -0.05) is 0 Å². The lowest BCUT2D eigenvalue weighted by Gasteiger charge is -2.37. The molecule has 1 aromatic rings. The number of hydrogen-bond donors (Lipinski definition) is 2. The minimum atomic E-state index is -4.94. The zero-order valence-corrected chi connectivity index (χ0v) is 14.8. The van der Waals surface area contributed by atoms with Crippen LogP contribution in [-0.2, 0) is 17.1 Å². The molecule has 0 saturated carbocycles. The molecule has 1 unspecified atom stereocenters. The molecule has 2 fully saturated rings. The van der Waals surface area contributed by atoms with E-state index in [2.05, 4.69) is 15.8 Å². The van der Waals surface area contributed by atoms with Crippen LogP contribution in [-0.4, -0.2) is 54.5 Å². The lowest BCUT2D eigenvalue weighted by molar-refractivity contribution is -0.143. The summed E-state index contributed by atoms with van der Waals surface area (Å²) in [5.41, 5.74) is 0.968. The molecule has 156 valence electrons. The van der Waals surface area contributed by atoms with Crippen molar-refractivity contribution in [1.29, 1.82) is 0 Å². The summed E-state index contributed by atoms with van der Waals surface area (Å²) in [5.74, 6) is -0.530. The molecule has 1 atom stereocenters. The van der Waals surface area contributed by atoms with Crippen molar-refractivity contribution in [3.8, 4) is 0 Å². The van der Waals surface area contributed by atoms with Crippen LogP contribution in [0.25, 0.3) is 0 Å². The van der Waals surface area contributed by atoms with E-state index in [1.165, 1.54) is 0 Å². The number of rotatable bonds is 4. The fraction of sp³-hybridized carbons (Fsp3) is 0.588. The second-order valence-corrected chi connectivity index (χ2v) is 7.03. The third-order valence-electron chi connectivity index (χ3n) is 4.97. The van der Waals surface area contributed by atoms with Crippen LogP contribution in [0.15, 0.2) is 18.2 Å². The summed E-state index contributed by atoms with van der Waals surface area (Å²) in [6.07, 6.45) is -7.71. The number of halogens is 6. The smallest absolute Gasteiger partial charge is 0.299 e. The standard InChI is InChI=1S/C17H20F6N4O/c18-16(19,20)11-6-12(17(21,22)23)8-13(7-11)24-25-15(28)10-26-4-5-27-3-1-2-14(27)9-26/h6-8,14,24H,1-5,9-10H2,(H,25,28). The van der Waals surface area contributed by atoms with E-state index in [1.54, 1.807) is 0 Å². The molecule has 3 rings (SSSR count). The molecule has 11 heteroatoms. The van der Waals surface area contributed by atoms with Crippen LogP contribution in [0.1, 0.15) is 24.0 Å². The Bertz CT molecular complexity index is 688. The van der Waals surface area contributed by atoms with Crippen molar-refractivity contribution in [1.82, 2.24) is 15.2 Å². The average Bonchev–Trinajstić information content (AvgIpc) is 3.06. The van der Waals surface area contributed by atoms with Gasteiger partial charge in [0.15, 0.2) is 0 Å². The van der Waals surface area contributed by atoms with E-state index < -0.39 is 35.1 Å². The number of carbonyl (C=O) groups excluding carboxylic acids is 1. The lowest BCUT2D eigenvalue weighted by Crippen LogP contribution is -2.52. The largest absolute Gasteiger partial charge is 0.416 e. The molecule has 2 aliphatic heterocycles. The molecule has 2 aliphatic rings. The number of nitrogens with zero attached hydrogens (tertiary/aromatic N) is 2. The van der Waals surface area contributed by atoms with Gasteiger partial charge in [-0.15, -0.1) is 0 Å². The number of anilines is 1. The minimum Gasteiger partial charge on any atom is -0.299 e. The molecule has 0 radical (unpaired) electrons. The second kappa shape index (κ2) is 7.78. The summed E-state index contributed by atoms with van der Waals surface area (Å²) in [5, 5.41) is 0. The maximum absolute atomic E-state index is 12.9. The van der Waals surface area contributed by atoms with E-state index >= 15 is 0 Å². The average molecular weight is 410 g/mol. The summed E-state index contributed by atoms with van der Waals surface area (Å²) < 4.78 is 77.1. The molecule has 1 amide bonds. The van der Waals surface area contributed by atoms with Gasteiger partial charge in [0.05, 0.1) is 23.4 Å². The number of alkyl halides is 6. The van der Waals surface area contributed by atoms with Gasteiger partial charge in [-0.05, 0) is 37.6 Å². The Kier molecular flexibility index (Phi) is 5.76. The van der Waals surface area contributed by atoms with Crippen molar-refractivity contribution in [3.63, 3.8) is 0 Å². The van der Waals surface area contributed by atoms with Gasteiger partial charge in [-0.2, -0.15) is 26.3 Å². The summed E-state index contributed by atoms with van der Waals surface area (Å²) in [7, 11) is 0. The van der Waals surface area contributed by atoms with E-state index in [9.17, 15) is 31.1 Å². The Morgan fingerprint density at radius 3 is 2.25 bits per heavy atom. The minimum absolute atomic E-state index is 0.0163. The van der Waals surface area contributed by atoms with Gasteiger partial charge >= 0.3 is 12.4 Å². The van der Waals surface area contributed by atoms with Gasteiger partial charge in [0, 0.05) is 25.7 Å². The van der Waals surface area contributed by atoms with Crippen molar-refractivity contribution in [3.05, 3.63) is 29.3 Å². The van der Waals surface area contributed by atoms with Crippen molar-refractivity contribution < 1.29 is 31.1 Å². The Hall–Kier alpha value is -2.01. The summed E-state index contributed by atoms with van der Waals surface area (Å²) in [6.45, 7) is 3.31. The van der Waals surface area contributed by atoms with E-state index in [-0.39, 0.29) is 12.6 Å². The van der Waals surface area contributed by atoms with Crippen LogP contribution in [0.5, 0.6) is 0 Å². The van der Waals surface area contributed by atoms with Crippen LogP contribution >= 0.6 is 0 Å². The molecule has 2 saturated heterocycles. The Balaban J connectivity index is 1.61. The number of amides is 1. The number of nitrogens with one attached hydrogen (secondary N) is 2. The summed E-state index contributed by atoms with van der Waals surface area (Å²) >= 11 is 0. The molecule has 2 N–H and O–H groups in total. The number of carbonyl (C=O) groups is 1. The molecule has 0 aliphatic carbocycles. The Labute approximate surface area is 157 Å². The maximum Gasteiger partial charge on any atom is 0.416 e. The zero-order chi connectivity index (χ0) is 20.5. The predicted octanol–water partition coefficient (Wildman–Crippen LogP) is 2.95. The first-order valence-electron chi connectivity index (χ1n) is 8.83. The molecule has 5 nitrogen and oxygen atoms in total. The maximum atomic E-state index is 12.9. The van der Waals surface area contributed by atoms with Crippen LogP contribution < -0.4 is 10.9 Å². The van der Waals surface area contributed by atoms with Crippen molar-refractivity contribution in [2.24, 2.45) is 0 Å². The summed E-state index contributed by atoms with van der Waals surface area (Å²) in [4.78, 5) is 16.3. The number of fused-ring (bicyclic) bond motifs is 1. The number of hydrazine groups is 1. The van der Waals surface area contributed by atoms with Crippen molar-refractivity contribution in [2.75, 3.05) is 38.1 Å². The normalized spacial score (nSPS) is 21.4. The first-order chi connectivity index (χ1) is 13.0. The van der Waals surface area contributed by atoms with Gasteiger partial charge in [-0.25, -0.2) is 0 Å². The highest BCUT2D eigenvalue weighted by Gasteiger charge is 2.37.